The zero-order valence-electron chi connectivity index (χ0n) is 18.4. The molecular weight excluding hydrogens is 454 g/mol. The number of benzene rings is 1. The molecule has 8 nitrogen and oxygen atoms in total. The number of pyridine rings is 1. The molecule has 174 valence electrons. The summed E-state index contributed by atoms with van der Waals surface area (Å²) in [4.78, 5) is 44.3. The number of aromatic nitrogens is 3. The van der Waals surface area contributed by atoms with Gasteiger partial charge in [-0.3, -0.25) is 24.0 Å². The molecular formula is C25H24ClN5O3. The number of amides is 2. The molecule has 9 heteroatoms. The third-order valence-electron chi connectivity index (χ3n) is 7.53. The van der Waals surface area contributed by atoms with Gasteiger partial charge in [0.25, 0.3) is 5.91 Å². The van der Waals surface area contributed by atoms with Crippen LogP contribution in [0.1, 0.15) is 47.7 Å². The number of ketones is 1. The van der Waals surface area contributed by atoms with E-state index in [-0.39, 0.29) is 41.9 Å². The smallest absolute Gasteiger partial charge is 0.269 e. The van der Waals surface area contributed by atoms with Gasteiger partial charge in [0.15, 0.2) is 11.5 Å². The Kier molecular flexibility index (Phi) is 4.95. The number of nitrogens with two attached hydrogens (primary N) is 1. The topological polar surface area (TPSA) is 111 Å². The van der Waals surface area contributed by atoms with E-state index in [2.05, 4.69) is 10.1 Å². The molecule has 3 fully saturated rings. The number of carbonyl (C=O) groups excluding carboxylic acids is 3. The number of Topliss-reactive ketones (excluding diaryl/α,β-unsaturated/α-hetero) is 1. The van der Waals surface area contributed by atoms with Crippen LogP contribution in [0.2, 0.25) is 5.02 Å². The van der Waals surface area contributed by atoms with E-state index in [0.29, 0.717) is 29.2 Å². The highest BCUT2D eigenvalue weighted by Gasteiger charge is 2.56. The van der Waals surface area contributed by atoms with E-state index in [1.54, 1.807) is 23.4 Å². The number of nitrogens with zero attached hydrogens (tertiary/aromatic N) is 4. The minimum atomic E-state index is -0.656. The molecule has 3 aromatic rings. The van der Waals surface area contributed by atoms with E-state index < -0.39 is 5.91 Å². The van der Waals surface area contributed by atoms with Gasteiger partial charge in [0.05, 0.1) is 17.8 Å². The summed E-state index contributed by atoms with van der Waals surface area (Å²) in [6, 6.07) is 9.19. The second-order valence-corrected chi connectivity index (χ2v) is 10.1. The van der Waals surface area contributed by atoms with E-state index >= 15 is 0 Å². The minimum absolute atomic E-state index is 0.0614. The van der Waals surface area contributed by atoms with Gasteiger partial charge in [-0.25, -0.2) is 0 Å². The Morgan fingerprint density at radius 1 is 1.12 bits per heavy atom. The van der Waals surface area contributed by atoms with Crippen molar-refractivity contribution in [1.82, 2.24) is 19.7 Å². The lowest BCUT2D eigenvalue weighted by molar-refractivity contribution is -0.139. The average Bonchev–Trinajstić information content (AvgIpc) is 3.69. The highest BCUT2D eigenvalue weighted by Crippen LogP contribution is 2.53. The van der Waals surface area contributed by atoms with Crippen LogP contribution in [0.4, 0.5) is 0 Å². The van der Waals surface area contributed by atoms with Crippen molar-refractivity contribution in [2.45, 2.75) is 50.2 Å². The lowest BCUT2D eigenvalue weighted by atomic mass is 10.00. The van der Waals surface area contributed by atoms with E-state index in [1.807, 2.05) is 24.3 Å². The van der Waals surface area contributed by atoms with Crippen molar-refractivity contribution in [3.63, 3.8) is 0 Å². The summed E-state index contributed by atoms with van der Waals surface area (Å²) in [7, 11) is 0. The van der Waals surface area contributed by atoms with E-state index in [0.717, 1.165) is 29.8 Å². The van der Waals surface area contributed by atoms with Crippen molar-refractivity contribution in [2.24, 2.45) is 17.6 Å². The normalized spacial score (nSPS) is 27.0. The Morgan fingerprint density at radius 2 is 1.94 bits per heavy atom. The van der Waals surface area contributed by atoms with Gasteiger partial charge in [-0.1, -0.05) is 29.8 Å². The molecule has 34 heavy (non-hydrogen) atoms. The monoisotopic (exact) mass is 477 g/mol. The number of hydrogen-bond acceptors (Lipinski definition) is 5. The summed E-state index contributed by atoms with van der Waals surface area (Å²) in [5, 5.41) is 5.59. The first-order valence-corrected chi connectivity index (χ1v) is 12.0. The number of hydrogen-bond donors (Lipinski definition) is 1. The van der Waals surface area contributed by atoms with Crippen molar-refractivity contribution >= 4 is 40.1 Å². The summed E-state index contributed by atoms with van der Waals surface area (Å²) in [5.41, 5.74) is 7.26. The molecule has 1 aliphatic heterocycles. The first kappa shape index (κ1) is 21.3. The number of primary amides is 1. The molecule has 3 aliphatic rings. The zero-order chi connectivity index (χ0) is 23.6. The first-order valence-electron chi connectivity index (χ1n) is 11.6. The van der Waals surface area contributed by atoms with Crippen LogP contribution in [0, 0.1) is 11.8 Å². The molecule has 5 atom stereocenters. The van der Waals surface area contributed by atoms with E-state index in [9.17, 15) is 14.4 Å². The van der Waals surface area contributed by atoms with E-state index in [1.165, 1.54) is 4.68 Å². The zero-order valence-corrected chi connectivity index (χ0v) is 19.2. The molecule has 0 spiro atoms. The second-order valence-electron chi connectivity index (χ2n) is 9.67. The van der Waals surface area contributed by atoms with Crippen molar-refractivity contribution < 1.29 is 14.4 Å². The molecule has 0 radical (unpaired) electrons. The number of piperidine rings is 1. The van der Waals surface area contributed by atoms with Gasteiger partial charge in [-0.15, -0.1) is 0 Å². The fraction of sp³-hybridized carbons (Fsp3) is 0.400. The van der Waals surface area contributed by atoms with Crippen LogP contribution in [-0.4, -0.2) is 49.3 Å². The van der Waals surface area contributed by atoms with Crippen LogP contribution < -0.4 is 5.73 Å². The van der Waals surface area contributed by atoms with Gasteiger partial charge in [0.1, 0.15) is 6.54 Å². The van der Waals surface area contributed by atoms with Crippen LogP contribution in [0.3, 0.4) is 0 Å². The Bertz CT molecular complexity index is 1340. The molecule has 6 rings (SSSR count). The summed E-state index contributed by atoms with van der Waals surface area (Å²) >= 11 is 6.34. The van der Waals surface area contributed by atoms with Crippen molar-refractivity contribution in [3.05, 3.63) is 59.0 Å². The Morgan fingerprint density at radius 3 is 2.74 bits per heavy atom. The minimum Gasteiger partial charge on any atom is -0.364 e. The maximum Gasteiger partial charge on any atom is 0.269 e. The van der Waals surface area contributed by atoms with Gasteiger partial charge in [0, 0.05) is 29.1 Å². The number of carbonyl (C=O) groups is 3. The summed E-state index contributed by atoms with van der Waals surface area (Å²) < 4.78 is 1.47. The molecule has 3 heterocycles. The van der Waals surface area contributed by atoms with Crippen molar-refractivity contribution in [2.75, 3.05) is 0 Å². The van der Waals surface area contributed by atoms with Gasteiger partial charge in [-0.05, 0) is 54.7 Å². The summed E-state index contributed by atoms with van der Waals surface area (Å²) in [5.74, 6) is 0.300. The van der Waals surface area contributed by atoms with Gasteiger partial charge < -0.3 is 10.6 Å². The highest BCUT2D eigenvalue weighted by molar-refractivity contribution is 6.31. The largest absolute Gasteiger partial charge is 0.364 e. The third kappa shape index (κ3) is 3.57. The Balaban J connectivity index is 1.17. The predicted molar refractivity (Wildman–Crippen MR) is 125 cm³/mol. The number of halogens is 1. The van der Waals surface area contributed by atoms with Gasteiger partial charge in [-0.2, -0.15) is 5.10 Å². The Labute approximate surface area is 201 Å². The van der Waals surface area contributed by atoms with E-state index in [4.69, 9.17) is 17.3 Å². The van der Waals surface area contributed by atoms with Crippen molar-refractivity contribution in [3.8, 4) is 0 Å². The molecule has 0 bridgehead atoms. The van der Waals surface area contributed by atoms with Crippen LogP contribution >= 0.6 is 11.6 Å². The predicted octanol–water partition coefficient (Wildman–Crippen LogP) is 2.94. The lowest BCUT2D eigenvalue weighted by Gasteiger charge is -2.27. The van der Waals surface area contributed by atoms with Crippen LogP contribution in [0.25, 0.3) is 10.9 Å². The summed E-state index contributed by atoms with van der Waals surface area (Å²) in [6.07, 6.45) is 6.20. The molecule has 2 amide bonds. The number of rotatable bonds is 7. The highest BCUT2D eigenvalue weighted by atomic mass is 35.5. The molecule has 2 N–H and O–H groups in total. The van der Waals surface area contributed by atoms with Crippen LogP contribution in [0.5, 0.6) is 0 Å². The van der Waals surface area contributed by atoms with Crippen molar-refractivity contribution in [1.29, 1.82) is 0 Å². The van der Waals surface area contributed by atoms with Crippen LogP contribution in [-0.2, 0) is 16.1 Å². The number of fused-ring (bicyclic) bond motifs is 2. The average molecular weight is 478 g/mol. The van der Waals surface area contributed by atoms with Gasteiger partial charge >= 0.3 is 0 Å². The Hall–Kier alpha value is -3.26. The van der Waals surface area contributed by atoms with Crippen LogP contribution in [0.15, 0.2) is 42.7 Å². The molecule has 2 aliphatic carbocycles. The van der Waals surface area contributed by atoms with Gasteiger partial charge in [0.2, 0.25) is 5.91 Å². The molecule has 1 saturated heterocycles. The number of likely N-dealkylation sites (tertiary alicyclic amines) is 1. The molecule has 0 unspecified atom stereocenters. The fourth-order valence-corrected chi connectivity index (χ4v) is 5.94. The standard InChI is InChI=1S/C25H24ClN5O3/c26-18-4-2-1-3-15(18)17-7-13(17)10-22(32)20-9-14-8-19(14)31(20)23(33)12-30-21-11-28-6-5-16(21)24(29-30)25(27)34/h1-6,11,13-14,17,19-20H,7-10,12H2,(H2,27,34)/t13-,14-,17+,19-,20+/m1/s1. The summed E-state index contributed by atoms with van der Waals surface area (Å²) in [6.45, 7) is -0.0614. The quantitative estimate of drug-likeness (QED) is 0.562. The first-order chi connectivity index (χ1) is 16.4. The third-order valence-corrected chi connectivity index (χ3v) is 7.87. The molecule has 2 saturated carbocycles. The molecule has 2 aromatic heterocycles. The molecule has 1 aromatic carbocycles. The maximum absolute atomic E-state index is 13.4. The maximum atomic E-state index is 13.4. The SMILES string of the molecule is NC(=O)c1nn(CC(=O)N2[C@@H]3C[C@@H]3C[C@H]2C(=O)C[C@H]2C[C@@H]2c2ccccc2Cl)c2cnccc12. The second kappa shape index (κ2) is 7.91. The fourth-order valence-electron chi connectivity index (χ4n) is 5.66. The lowest BCUT2D eigenvalue weighted by Crippen LogP contribution is -2.44.